The molecular formula is C10H12Br2N2OS. The Bertz CT molecular complexity index is 367. The van der Waals surface area contributed by atoms with E-state index in [4.69, 9.17) is 0 Å². The molecule has 0 aromatic carbocycles. The Hall–Kier alpha value is 0.0900. The summed E-state index contributed by atoms with van der Waals surface area (Å²) in [6.07, 6.45) is 1.03. The third-order valence-electron chi connectivity index (χ3n) is 2.48. The monoisotopic (exact) mass is 366 g/mol. The number of hydrogen-bond donors (Lipinski definition) is 1. The van der Waals surface area contributed by atoms with Crippen molar-refractivity contribution in [1.29, 1.82) is 0 Å². The van der Waals surface area contributed by atoms with Gasteiger partial charge in [-0.3, -0.25) is 4.79 Å². The van der Waals surface area contributed by atoms with Gasteiger partial charge in [-0.2, -0.15) is 0 Å². The highest BCUT2D eigenvalue weighted by Gasteiger charge is 2.19. The number of thiophene rings is 1. The van der Waals surface area contributed by atoms with Crippen LogP contribution in [0.1, 0.15) is 16.1 Å². The minimum absolute atomic E-state index is 0.139. The van der Waals surface area contributed by atoms with Gasteiger partial charge < -0.3 is 10.2 Å². The number of rotatable bonds is 1. The quantitative estimate of drug-likeness (QED) is 0.827. The molecule has 0 radical (unpaired) electrons. The normalized spacial score (nSPS) is 17.2. The summed E-state index contributed by atoms with van der Waals surface area (Å²) in [5.41, 5.74) is 0. The van der Waals surface area contributed by atoms with Crippen LogP contribution in [0.3, 0.4) is 0 Å². The average molecular weight is 368 g/mol. The van der Waals surface area contributed by atoms with Gasteiger partial charge >= 0.3 is 0 Å². The SMILES string of the molecule is O=C(c1cc(Br)c(Br)s1)N1CCCNCC1. The van der Waals surface area contributed by atoms with Crippen molar-refractivity contribution in [3.05, 3.63) is 19.2 Å². The van der Waals surface area contributed by atoms with Crippen LogP contribution in [-0.2, 0) is 0 Å². The number of nitrogens with zero attached hydrogens (tertiary/aromatic N) is 1. The van der Waals surface area contributed by atoms with Crippen LogP contribution in [0.15, 0.2) is 14.3 Å². The standard InChI is InChI=1S/C10H12Br2N2OS/c11-7-6-8(16-9(7)12)10(15)14-4-1-2-13-3-5-14/h6,13H,1-5H2. The summed E-state index contributed by atoms with van der Waals surface area (Å²) < 4.78 is 1.93. The van der Waals surface area contributed by atoms with Crippen LogP contribution in [0.25, 0.3) is 0 Å². The molecule has 0 unspecified atom stereocenters. The average Bonchev–Trinajstić information content (AvgIpc) is 2.51. The van der Waals surface area contributed by atoms with Crippen LogP contribution >= 0.6 is 43.2 Å². The largest absolute Gasteiger partial charge is 0.337 e. The molecule has 88 valence electrons. The third kappa shape index (κ3) is 2.85. The number of hydrogen-bond acceptors (Lipinski definition) is 3. The van der Waals surface area contributed by atoms with Crippen LogP contribution in [0.4, 0.5) is 0 Å². The van der Waals surface area contributed by atoms with Gasteiger partial charge in [0, 0.05) is 24.1 Å². The second-order valence-corrected chi connectivity index (χ2v) is 6.85. The Balaban J connectivity index is 2.11. The van der Waals surface area contributed by atoms with Crippen molar-refractivity contribution in [2.75, 3.05) is 26.2 Å². The molecule has 2 heterocycles. The minimum atomic E-state index is 0.139. The van der Waals surface area contributed by atoms with Gasteiger partial charge in [-0.25, -0.2) is 0 Å². The highest BCUT2D eigenvalue weighted by Crippen LogP contribution is 2.33. The van der Waals surface area contributed by atoms with Crippen LogP contribution < -0.4 is 5.32 Å². The molecule has 2 rings (SSSR count). The second kappa shape index (κ2) is 5.62. The van der Waals surface area contributed by atoms with E-state index in [2.05, 4.69) is 37.2 Å². The van der Waals surface area contributed by atoms with Crippen LogP contribution in [0.5, 0.6) is 0 Å². The van der Waals surface area contributed by atoms with Crippen molar-refractivity contribution >= 4 is 49.1 Å². The van der Waals surface area contributed by atoms with Crippen LogP contribution in [0, 0.1) is 0 Å². The topological polar surface area (TPSA) is 32.3 Å². The Labute approximate surface area is 115 Å². The molecule has 1 aliphatic rings. The first-order valence-electron chi connectivity index (χ1n) is 5.13. The lowest BCUT2D eigenvalue weighted by Crippen LogP contribution is -2.33. The number of amides is 1. The van der Waals surface area contributed by atoms with E-state index in [1.807, 2.05) is 11.0 Å². The summed E-state index contributed by atoms with van der Waals surface area (Å²) >= 11 is 8.30. The van der Waals surface area contributed by atoms with Gasteiger partial charge in [0.05, 0.1) is 8.66 Å². The fourth-order valence-electron chi connectivity index (χ4n) is 1.66. The summed E-state index contributed by atoms with van der Waals surface area (Å²) in [5, 5.41) is 3.29. The van der Waals surface area contributed by atoms with Gasteiger partial charge in [-0.05, 0) is 50.9 Å². The summed E-state index contributed by atoms with van der Waals surface area (Å²) in [5.74, 6) is 0.139. The zero-order chi connectivity index (χ0) is 11.5. The lowest BCUT2D eigenvalue weighted by molar-refractivity contribution is 0.0771. The molecule has 0 atom stereocenters. The van der Waals surface area contributed by atoms with Gasteiger partial charge in [-0.15, -0.1) is 11.3 Å². The Morgan fingerprint density at radius 1 is 1.38 bits per heavy atom. The second-order valence-electron chi connectivity index (χ2n) is 3.63. The lowest BCUT2D eigenvalue weighted by Gasteiger charge is -2.18. The van der Waals surface area contributed by atoms with E-state index in [-0.39, 0.29) is 5.91 Å². The predicted molar refractivity (Wildman–Crippen MR) is 73.1 cm³/mol. The first-order valence-corrected chi connectivity index (χ1v) is 7.53. The molecule has 1 fully saturated rings. The molecule has 16 heavy (non-hydrogen) atoms. The van der Waals surface area contributed by atoms with Crippen molar-refractivity contribution < 1.29 is 4.79 Å². The Morgan fingerprint density at radius 2 is 2.19 bits per heavy atom. The molecule has 1 amide bonds. The fourth-order valence-corrected chi connectivity index (χ4v) is 3.66. The molecule has 1 N–H and O–H groups in total. The predicted octanol–water partition coefficient (Wildman–Crippen LogP) is 2.71. The van der Waals surface area contributed by atoms with E-state index >= 15 is 0 Å². The lowest BCUT2D eigenvalue weighted by atomic mass is 10.3. The zero-order valence-corrected chi connectivity index (χ0v) is 12.6. The minimum Gasteiger partial charge on any atom is -0.337 e. The van der Waals surface area contributed by atoms with Crippen LogP contribution in [0.2, 0.25) is 0 Å². The molecule has 1 aromatic heterocycles. The molecule has 1 aromatic rings. The summed E-state index contributed by atoms with van der Waals surface area (Å²) in [6, 6.07) is 1.88. The molecule has 0 aliphatic carbocycles. The smallest absolute Gasteiger partial charge is 0.264 e. The van der Waals surface area contributed by atoms with Gasteiger partial charge in [0.15, 0.2) is 0 Å². The summed E-state index contributed by atoms with van der Waals surface area (Å²) in [7, 11) is 0. The van der Waals surface area contributed by atoms with Crippen molar-refractivity contribution in [3.8, 4) is 0 Å². The van der Waals surface area contributed by atoms with Gasteiger partial charge in [0.25, 0.3) is 5.91 Å². The maximum Gasteiger partial charge on any atom is 0.264 e. The number of carbonyl (C=O) groups is 1. The van der Waals surface area contributed by atoms with Gasteiger partial charge in [-0.1, -0.05) is 0 Å². The highest BCUT2D eigenvalue weighted by atomic mass is 79.9. The molecule has 1 aliphatic heterocycles. The molecule has 0 saturated carbocycles. The highest BCUT2D eigenvalue weighted by molar-refractivity contribution is 9.13. The number of nitrogens with one attached hydrogen (secondary N) is 1. The van der Waals surface area contributed by atoms with E-state index in [1.165, 1.54) is 11.3 Å². The molecule has 0 bridgehead atoms. The van der Waals surface area contributed by atoms with E-state index in [9.17, 15) is 4.79 Å². The van der Waals surface area contributed by atoms with Crippen LogP contribution in [-0.4, -0.2) is 37.0 Å². The number of carbonyl (C=O) groups excluding carboxylic acids is 1. The number of halogens is 2. The Kier molecular flexibility index (Phi) is 4.41. The van der Waals surface area contributed by atoms with Gasteiger partial charge in [0.2, 0.25) is 0 Å². The molecule has 1 saturated heterocycles. The zero-order valence-electron chi connectivity index (χ0n) is 8.63. The van der Waals surface area contributed by atoms with Crippen molar-refractivity contribution in [1.82, 2.24) is 10.2 Å². The van der Waals surface area contributed by atoms with E-state index in [1.54, 1.807) is 0 Å². The molecule has 3 nitrogen and oxygen atoms in total. The van der Waals surface area contributed by atoms with Crippen molar-refractivity contribution in [3.63, 3.8) is 0 Å². The third-order valence-corrected chi connectivity index (χ3v) is 5.73. The van der Waals surface area contributed by atoms with Gasteiger partial charge in [0.1, 0.15) is 0 Å². The summed E-state index contributed by atoms with van der Waals surface area (Å²) in [4.78, 5) is 14.9. The van der Waals surface area contributed by atoms with Crippen molar-refractivity contribution in [2.24, 2.45) is 0 Å². The molecule has 6 heteroatoms. The fraction of sp³-hybridized carbons (Fsp3) is 0.500. The van der Waals surface area contributed by atoms with E-state index in [0.717, 1.165) is 45.7 Å². The molecular weight excluding hydrogens is 356 g/mol. The maximum absolute atomic E-state index is 12.2. The summed E-state index contributed by atoms with van der Waals surface area (Å²) in [6.45, 7) is 3.53. The molecule has 0 spiro atoms. The van der Waals surface area contributed by atoms with Crippen molar-refractivity contribution in [2.45, 2.75) is 6.42 Å². The van der Waals surface area contributed by atoms with E-state index in [0.29, 0.717) is 0 Å². The maximum atomic E-state index is 12.2. The Morgan fingerprint density at radius 3 is 2.88 bits per heavy atom. The first kappa shape index (κ1) is 12.5. The first-order chi connectivity index (χ1) is 7.68. The van der Waals surface area contributed by atoms with E-state index < -0.39 is 0 Å².